The van der Waals surface area contributed by atoms with E-state index in [9.17, 15) is 0 Å². The van der Waals surface area contributed by atoms with E-state index in [1.165, 1.54) is 17.9 Å². The molecule has 1 aromatic heterocycles. The number of rotatable bonds is 6. The molecule has 1 saturated carbocycles. The van der Waals surface area contributed by atoms with Gasteiger partial charge >= 0.3 is 0 Å². The van der Waals surface area contributed by atoms with Crippen LogP contribution in [0.15, 0.2) is 11.1 Å². The molecule has 0 radical (unpaired) electrons. The van der Waals surface area contributed by atoms with E-state index in [4.69, 9.17) is 0 Å². The van der Waals surface area contributed by atoms with Crippen molar-refractivity contribution in [3.8, 4) is 0 Å². The normalized spacial score (nSPS) is 17.7. The standard InChI is InChI=1S/C12H21N3S/c1-9-8-12(15(3)14-9)16-7-6-13-10(2)11-4-5-11/h8,10-11,13H,4-7H2,1-3H3. The predicted molar refractivity (Wildman–Crippen MR) is 68.9 cm³/mol. The second-order valence-electron chi connectivity index (χ2n) is 4.68. The SMILES string of the molecule is Cc1cc(SCCNC(C)C2CC2)n(C)n1. The molecule has 16 heavy (non-hydrogen) atoms. The van der Waals surface area contributed by atoms with E-state index in [1.807, 2.05) is 30.4 Å². The van der Waals surface area contributed by atoms with Crippen molar-refractivity contribution < 1.29 is 0 Å². The average molecular weight is 239 g/mol. The van der Waals surface area contributed by atoms with Crippen LogP contribution in [-0.4, -0.2) is 28.1 Å². The summed E-state index contributed by atoms with van der Waals surface area (Å²) in [5.41, 5.74) is 1.10. The summed E-state index contributed by atoms with van der Waals surface area (Å²) in [5.74, 6) is 2.07. The van der Waals surface area contributed by atoms with Gasteiger partial charge < -0.3 is 5.32 Å². The maximum atomic E-state index is 4.34. The number of hydrogen-bond acceptors (Lipinski definition) is 3. The average Bonchev–Trinajstić information content (AvgIpc) is 3.01. The fourth-order valence-corrected chi connectivity index (χ4v) is 2.84. The Morgan fingerprint density at radius 3 is 2.94 bits per heavy atom. The van der Waals surface area contributed by atoms with Crippen LogP contribution in [0.2, 0.25) is 0 Å². The van der Waals surface area contributed by atoms with Crippen molar-refractivity contribution in [1.82, 2.24) is 15.1 Å². The van der Waals surface area contributed by atoms with E-state index >= 15 is 0 Å². The summed E-state index contributed by atoms with van der Waals surface area (Å²) < 4.78 is 1.96. The Kier molecular flexibility index (Phi) is 3.92. The van der Waals surface area contributed by atoms with Gasteiger partial charge in [-0.05, 0) is 38.7 Å². The Labute approximate surface area is 102 Å². The third-order valence-corrected chi connectivity index (χ3v) is 4.19. The van der Waals surface area contributed by atoms with E-state index < -0.39 is 0 Å². The number of nitrogens with zero attached hydrogens (tertiary/aromatic N) is 2. The van der Waals surface area contributed by atoms with Gasteiger partial charge in [0.05, 0.1) is 10.7 Å². The third-order valence-electron chi connectivity index (χ3n) is 3.11. The lowest BCUT2D eigenvalue weighted by Gasteiger charge is -2.11. The minimum absolute atomic E-state index is 0.703. The third kappa shape index (κ3) is 3.25. The first-order valence-corrected chi connectivity index (χ1v) is 7.02. The van der Waals surface area contributed by atoms with Gasteiger partial charge in [0.1, 0.15) is 0 Å². The molecule has 1 atom stereocenters. The molecule has 90 valence electrons. The van der Waals surface area contributed by atoms with Crippen LogP contribution in [0.1, 0.15) is 25.5 Å². The van der Waals surface area contributed by atoms with Crippen LogP contribution in [0.5, 0.6) is 0 Å². The highest BCUT2D eigenvalue weighted by atomic mass is 32.2. The summed E-state index contributed by atoms with van der Waals surface area (Å²) in [5, 5.41) is 9.19. The molecule has 2 rings (SSSR count). The summed E-state index contributed by atoms with van der Waals surface area (Å²) in [4.78, 5) is 0. The van der Waals surface area contributed by atoms with Crippen molar-refractivity contribution in [2.45, 2.75) is 37.8 Å². The molecule has 3 nitrogen and oxygen atoms in total. The maximum absolute atomic E-state index is 4.34. The van der Waals surface area contributed by atoms with Crippen LogP contribution < -0.4 is 5.32 Å². The zero-order valence-corrected chi connectivity index (χ0v) is 11.2. The molecule has 1 aromatic rings. The molecule has 0 aliphatic heterocycles. The molecule has 0 aromatic carbocycles. The fraction of sp³-hybridized carbons (Fsp3) is 0.750. The van der Waals surface area contributed by atoms with Gasteiger partial charge in [-0.2, -0.15) is 5.10 Å². The molecule has 0 amide bonds. The van der Waals surface area contributed by atoms with Gasteiger partial charge in [-0.25, -0.2) is 0 Å². The van der Waals surface area contributed by atoms with Crippen molar-refractivity contribution in [2.75, 3.05) is 12.3 Å². The first-order valence-electron chi connectivity index (χ1n) is 6.03. The van der Waals surface area contributed by atoms with Gasteiger partial charge in [0.25, 0.3) is 0 Å². The Morgan fingerprint density at radius 1 is 1.62 bits per heavy atom. The van der Waals surface area contributed by atoms with Gasteiger partial charge in [0.2, 0.25) is 0 Å². The van der Waals surface area contributed by atoms with Gasteiger partial charge in [-0.1, -0.05) is 0 Å². The zero-order chi connectivity index (χ0) is 11.5. The molecule has 1 heterocycles. The number of hydrogen-bond donors (Lipinski definition) is 1. The zero-order valence-electron chi connectivity index (χ0n) is 10.4. The molecular weight excluding hydrogens is 218 g/mol. The number of nitrogens with one attached hydrogen (secondary N) is 1. The molecule has 1 aliphatic rings. The Hall–Kier alpha value is -0.480. The van der Waals surface area contributed by atoms with Crippen LogP contribution in [-0.2, 0) is 7.05 Å². The Morgan fingerprint density at radius 2 is 2.38 bits per heavy atom. The maximum Gasteiger partial charge on any atom is 0.0939 e. The van der Waals surface area contributed by atoms with Crippen molar-refractivity contribution in [3.63, 3.8) is 0 Å². The van der Waals surface area contributed by atoms with Crippen LogP contribution in [0.3, 0.4) is 0 Å². The van der Waals surface area contributed by atoms with Gasteiger partial charge in [0, 0.05) is 25.4 Å². The lowest BCUT2D eigenvalue weighted by molar-refractivity contribution is 0.514. The Balaban J connectivity index is 1.65. The first-order chi connectivity index (χ1) is 7.66. The lowest BCUT2D eigenvalue weighted by Crippen LogP contribution is -2.29. The molecular formula is C12H21N3S. The molecule has 1 N–H and O–H groups in total. The molecule has 1 unspecified atom stereocenters. The smallest absolute Gasteiger partial charge is 0.0939 e. The minimum Gasteiger partial charge on any atom is -0.313 e. The predicted octanol–water partition coefficient (Wildman–Crippen LogP) is 2.21. The summed E-state index contributed by atoms with van der Waals surface area (Å²) in [6.45, 7) is 5.43. The highest BCUT2D eigenvalue weighted by Crippen LogP contribution is 2.32. The second-order valence-corrected chi connectivity index (χ2v) is 5.79. The molecule has 1 fully saturated rings. The van der Waals surface area contributed by atoms with Crippen LogP contribution in [0.25, 0.3) is 0 Å². The van der Waals surface area contributed by atoms with Crippen molar-refractivity contribution in [1.29, 1.82) is 0 Å². The highest BCUT2D eigenvalue weighted by molar-refractivity contribution is 7.99. The van der Waals surface area contributed by atoms with Gasteiger partial charge in [0.15, 0.2) is 0 Å². The summed E-state index contributed by atoms with van der Waals surface area (Å²) in [6, 6.07) is 2.85. The largest absolute Gasteiger partial charge is 0.313 e. The van der Waals surface area contributed by atoms with Gasteiger partial charge in [-0.3, -0.25) is 4.68 Å². The summed E-state index contributed by atoms with van der Waals surface area (Å²) in [6.07, 6.45) is 2.84. The monoisotopic (exact) mass is 239 g/mol. The molecule has 0 bridgehead atoms. The summed E-state index contributed by atoms with van der Waals surface area (Å²) in [7, 11) is 2.01. The molecule has 0 saturated heterocycles. The minimum atomic E-state index is 0.703. The lowest BCUT2D eigenvalue weighted by atomic mass is 10.2. The van der Waals surface area contributed by atoms with E-state index in [2.05, 4.69) is 23.4 Å². The fourth-order valence-electron chi connectivity index (χ4n) is 1.93. The second kappa shape index (κ2) is 5.23. The van der Waals surface area contributed by atoms with E-state index in [0.29, 0.717) is 6.04 Å². The van der Waals surface area contributed by atoms with E-state index in [1.54, 1.807) is 0 Å². The number of thioether (sulfide) groups is 1. The number of aromatic nitrogens is 2. The van der Waals surface area contributed by atoms with Crippen molar-refractivity contribution in [3.05, 3.63) is 11.8 Å². The van der Waals surface area contributed by atoms with Crippen molar-refractivity contribution >= 4 is 11.8 Å². The number of aryl methyl sites for hydroxylation is 2. The quantitative estimate of drug-likeness (QED) is 0.610. The molecule has 0 spiro atoms. The Bertz CT molecular complexity index is 344. The summed E-state index contributed by atoms with van der Waals surface area (Å²) >= 11 is 1.88. The van der Waals surface area contributed by atoms with Crippen LogP contribution in [0, 0.1) is 12.8 Å². The van der Waals surface area contributed by atoms with Gasteiger partial charge in [-0.15, -0.1) is 11.8 Å². The van der Waals surface area contributed by atoms with E-state index in [0.717, 1.165) is 23.9 Å². The molecule has 1 aliphatic carbocycles. The topological polar surface area (TPSA) is 29.9 Å². The molecule has 4 heteroatoms. The van der Waals surface area contributed by atoms with E-state index in [-0.39, 0.29) is 0 Å². The van der Waals surface area contributed by atoms with Crippen LogP contribution >= 0.6 is 11.8 Å². The van der Waals surface area contributed by atoms with Crippen molar-refractivity contribution in [2.24, 2.45) is 13.0 Å². The highest BCUT2D eigenvalue weighted by Gasteiger charge is 2.27. The van der Waals surface area contributed by atoms with Crippen LogP contribution in [0.4, 0.5) is 0 Å². The first kappa shape index (κ1) is 12.0.